The van der Waals surface area contributed by atoms with Gasteiger partial charge in [-0.1, -0.05) is 37.3 Å². The van der Waals surface area contributed by atoms with Crippen LogP contribution in [0.2, 0.25) is 0 Å². The lowest BCUT2D eigenvalue weighted by molar-refractivity contribution is 0.414. The minimum absolute atomic E-state index is 0.0226. The number of aromatic nitrogens is 1. The summed E-state index contributed by atoms with van der Waals surface area (Å²) >= 11 is 0. The Labute approximate surface area is 141 Å². The first kappa shape index (κ1) is 16.3. The van der Waals surface area contributed by atoms with Gasteiger partial charge in [-0.05, 0) is 41.1 Å². The van der Waals surface area contributed by atoms with Gasteiger partial charge in [0.05, 0.1) is 12.6 Å². The number of hydrogen-bond acceptors (Lipinski definition) is 3. The van der Waals surface area contributed by atoms with Gasteiger partial charge >= 0.3 is 0 Å². The minimum atomic E-state index is -0.0226. The fraction of sp³-hybridized carbons (Fsp3) is 0.250. The Kier molecular flexibility index (Phi) is 4.96. The van der Waals surface area contributed by atoms with Crippen molar-refractivity contribution in [3.05, 3.63) is 75.6 Å². The largest absolute Gasteiger partial charge is 0.497 e. The second-order valence-electron chi connectivity index (χ2n) is 5.81. The Balaban J connectivity index is 1.73. The Morgan fingerprint density at radius 2 is 1.83 bits per heavy atom. The highest BCUT2D eigenvalue weighted by atomic mass is 16.5. The quantitative estimate of drug-likeness (QED) is 0.731. The summed E-state index contributed by atoms with van der Waals surface area (Å²) in [4.78, 5) is 15.3. The van der Waals surface area contributed by atoms with Gasteiger partial charge < -0.3 is 15.0 Å². The van der Waals surface area contributed by atoms with Crippen LogP contribution in [0.3, 0.4) is 0 Å². The molecule has 4 heteroatoms. The number of pyridine rings is 1. The van der Waals surface area contributed by atoms with Crippen LogP contribution in [-0.2, 0) is 19.5 Å². The average molecular weight is 322 g/mol. The van der Waals surface area contributed by atoms with Crippen LogP contribution in [0.25, 0.3) is 10.9 Å². The van der Waals surface area contributed by atoms with E-state index in [1.165, 1.54) is 5.56 Å². The van der Waals surface area contributed by atoms with E-state index in [4.69, 9.17) is 4.74 Å². The summed E-state index contributed by atoms with van der Waals surface area (Å²) in [5.41, 5.74) is 4.00. The van der Waals surface area contributed by atoms with Gasteiger partial charge in [-0.2, -0.15) is 0 Å². The maximum Gasteiger partial charge on any atom is 0.252 e. The lowest BCUT2D eigenvalue weighted by Gasteiger charge is -2.08. The highest BCUT2D eigenvalue weighted by molar-refractivity contribution is 5.82. The van der Waals surface area contributed by atoms with Crippen molar-refractivity contribution in [1.29, 1.82) is 0 Å². The Hall–Kier alpha value is -2.59. The molecule has 0 aliphatic rings. The van der Waals surface area contributed by atoms with Gasteiger partial charge in [0.2, 0.25) is 0 Å². The number of rotatable bonds is 6. The van der Waals surface area contributed by atoms with E-state index in [1.807, 2.05) is 42.5 Å². The van der Waals surface area contributed by atoms with E-state index >= 15 is 0 Å². The smallest absolute Gasteiger partial charge is 0.252 e. The summed E-state index contributed by atoms with van der Waals surface area (Å²) in [6, 6.07) is 16.0. The molecule has 24 heavy (non-hydrogen) atoms. The van der Waals surface area contributed by atoms with Crippen molar-refractivity contribution in [2.24, 2.45) is 0 Å². The third-order valence-corrected chi connectivity index (χ3v) is 4.23. The van der Waals surface area contributed by atoms with Gasteiger partial charge in [0.15, 0.2) is 0 Å². The van der Waals surface area contributed by atoms with Crippen LogP contribution >= 0.6 is 0 Å². The van der Waals surface area contributed by atoms with Gasteiger partial charge in [-0.15, -0.1) is 0 Å². The van der Waals surface area contributed by atoms with Crippen LogP contribution in [0, 0.1) is 0 Å². The summed E-state index contributed by atoms with van der Waals surface area (Å²) in [6.45, 7) is 3.33. The molecule has 1 aromatic heterocycles. The number of benzene rings is 2. The predicted octanol–water partition coefficient (Wildman–Crippen LogP) is 3.39. The number of methoxy groups -OCH3 is 1. The van der Waals surface area contributed by atoms with Crippen LogP contribution in [-0.4, -0.2) is 12.1 Å². The number of nitrogens with one attached hydrogen (secondary N) is 2. The summed E-state index contributed by atoms with van der Waals surface area (Å²) in [6.07, 6.45) is 0.905. The van der Waals surface area contributed by atoms with Crippen molar-refractivity contribution in [3.63, 3.8) is 0 Å². The highest BCUT2D eigenvalue weighted by Crippen LogP contribution is 2.16. The summed E-state index contributed by atoms with van der Waals surface area (Å²) in [7, 11) is 1.66. The molecule has 0 atom stereocenters. The van der Waals surface area contributed by atoms with E-state index in [-0.39, 0.29) is 5.56 Å². The van der Waals surface area contributed by atoms with Crippen LogP contribution < -0.4 is 15.6 Å². The third kappa shape index (κ3) is 3.49. The molecule has 2 aromatic carbocycles. The molecular weight excluding hydrogens is 300 g/mol. The number of H-pyrrole nitrogens is 1. The van der Waals surface area contributed by atoms with Crippen molar-refractivity contribution < 1.29 is 4.74 Å². The predicted molar refractivity (Wildman–Crippen MR) is 97.5 cm³/mol. The van der Waals surface area contributed by atoms with Crippen molar-refractivity contribution >= 4 is 10.9 Å². The third-order valence-electron chi connectivity index (χ3n) is 4.23. The normalized spacial score (nSPS) is 10.9. The molecular formula is C20H22N2O2. The molecule has 0 unspecified atom stereocenters. The molecule has 0 aliphatic carbocycles. The molecule has 0 spiro atoms. The standard InChI is InChI=1S/C20H22N2O2/c1-3-15-5-4-6-16-11-17(20(23)22-19(15)16)13-21-12-14-7-9-18(24-2)10-8-14/h4-11,21H,3,12-13H2,1-2H3,(H,22,23). The number of para-hydroxylation sites is 1. The van der Waals surface area contributed by atoms with Crippen LogP contribution in [0.4, 0.5) is 0 Å². The zero-order valence-corrected chi connectivity index (χ0v) is 14.1. The SMILES string of the molecule is CCc1cccc2cc(CNCc3ccc(OC)cc3)c(=O)[nH]c12. The number of aromatic amines is 1. The molecule has 0 radical (unpaired) electrons. The number of hydrogen-bond donors (Lipinski definition) is 2. The molecule has 0 fully saturated rings. The van der Waals surface area contributed by atoms with E-state index in [0.717, 1.165) is 34.2 Å². The number of ether oxygens (including phenoxy) is 1. The molecule has 0 bridgehead atoms. The first-order valence-corrected chi connectivity index (χ1v) is 8.18. The summed E-state index contributed by atoms with van der Waals surface area (Å²) < 4.78 is 5.15. The van der Waals surface area contributed by atoms with Crippen LogP contribution in [0.1, 0.15) is 23.6 Å². The fourth-order valence-corrected chi connectivity index (χ4v) is 2.85. The zero-order valence-electron chi connectivity index (χ0n) is 14.1. The Morgan fingerprint density at radius 3 is 2.54 bits per heavy atom. The van der Waals surface area contributed by atoms with E-state index < -0.39 is 0 Å². The second-order valence-corrected chi connectivity index (χ2v) is 5.81. The average Bonchev–Trinajstić information content (AvgIpc) is 2.62. The number of fused-ring (bicyclic) bond motifs is 1. The highest BCUT2D eigenvalue weighted by Gasteiger charge is 2.05. The van der Waals surface area contributed by atoms with Gasteiger partial charge in [-0.3, -0.25) is 4.79 Å². The summed E-state index contributed by atoms with van der Waals surface area (Å²) in [5, 5.41) is 4.41. The lowest BCUT2D eigenvalue weighted by atomic mass is 10.1. The fourth-order valence-electron chi connectivity index (χ4n) is 2.85. The maximum atomic E-state index is 12.3. The zero-order chi connectivity index (χ0) is 16.9. The maximum absolute atomic E-state index is 12.3. The molecule has 124 valence electrons. The topological polar surface area (TPSA) is 54.1 Å². The molecule has 2 N–H and O–H groups in total. The lowest BCUT2D eigenvalue weighted by Crippen LogP contribution is -2.21. The van der Waals surface area contributed by atoms with E-state index in [2.05, 4.69) is 23.3 Å². The van der Waals surface area contributed by atoms with Crippen molar-refractivity contribution in [2.75, 3.05) is 7.11 Å². The van der Waals surface area contributed by atoms with Gasteiger partial charge in [0.25, 0.3) is 5.56 Å². The van der Waals surface area contributed by atoms with Crippen molar-refractivity contribution in [3.8, 4) is 5.75 Å². The van der Waals surface area contributed by atoms with E-state index in [1.54, 1.807) is 7.11 Å². The molecule has 0 aliphatic heterocycles. The van der Waals surface area contributed by atoms with Gasteiger partial charge in [-0.25, -0.2) is 0 Å². The second kappa shape index (κ2) is 7.32. The molecule has 4 nitrogen and oxygen atoms in total. The first-order chi connectivity index (χ1) is 11.7. The molecule has 3 rings (SSSR count). The molecule has 1 heterocycles. The molecule has 0 amide bonds. The van der Waals surface area contributed by atoms with Crippen LogP contribution in [0.15, 0.2) is 53.3 Å². The van der Waals surface area contributed by atoms with Crippen molar-refractivity contribution in [2.45, 2.75) is 26.4 Å². The molecule has 0 saturated carbocycles. The monoisotopic (exact) mass is 322 g/mol. The summed E-state index contributed by atoms with van der Waals surface area (Å²) in [5.74, 6) is 0.844. The van der Waals surface area contributed by atoms with Crippen LogP contribution in [0.5, 0.6) is 5.75 Å². The Morgan fingerprint density at radius 1 is 1.04 bits per heavy atom. The van der Waals surface area contributed by atoms with E-state index in [0.29, 0.717) is 13.1 Å². The van der Waals surface area contributed by atoms with Crippen molar-refractivity contribution in [1.82, 2.24) is 10.3 Å². The minimum Gasteiger partial charge on any atom is -0.497 e. The van der Waals surface area contributed by atoms with Gasteiger partial charge in [0, 0.05) is 18.7 Å². The Bertz CT molecular complexity index is 882. The number of aryl methyl sites for hydroxylation is 1. The van der Waals surface area contributed by atoms with Gasteiger partial charge in [0.1, 0.15) is 5.75 Å². The molecule has 0 saturated heterocycles. The first-order valence-electron chi connectivity index (χ1n) is 8.18. The molecule has 3 aromatic rings. The van der Waals surface area contributed by atoms with E-state index in [9.17, 15) is 4.79 Å².